The van der Waals surface area contributed by atoms with Crippen molar-refractivity contribution in [1.29, 1.82) is 0 Å². The van der Waals surface area contributed by atoms with Gasteiger partial charge >= 0.3 is 11.9 Å². The van der Waals surface area contributed by atoms with Gasteiger partial charge in [0.25, 0.3) is 5.60 Å². The van der Waals surface area contributed by atoms with Crippen molar-refractivity contribution in [1.82, 2.24) is 24.5 Å². The molecule has 0 saturated carbocycles. The Morgan fingerprint density at radius 1 is 1.27 bits per heavy atom. The lowest BCUT2D eigenvalue weighted by atomic mass is 9.93. The molecule has 0 aliphatic heterocycles. The van der Waals surface area contributed by atoms with Crippen molar-refractivity contribution in [2.45, 2.75) is 30.0 Å². The van der Waals surface area contributed by atoms with Gasteiger partial charge in [0, 0.05) is 19.7 Å². The molecule has 6 N–H and O–H groups in total. The number of carbonyl (C=O) groups is 2. The molecule has 3 atom stereocenters. The maximum Gasteiger partial charge on any atom is 0.348 e. The largest absolute Gasteiger partial charge is 0.479 e. The van der Waals surface area contributed by atoms with Gasteiger partial charge in [-0.3, -0.25) is 4.57 Å². The normalized spacial score (nSPS) is 15.0. The maximum absolute atomic E-state index is 12.1. The summed E-state index contributed by atoms with van der Waals surface area (Å²) < 4.78 is 11.5. The number of terminal acetylenes is 1. The second kappa shape index (κ2) is 10.8. The lowest BCUT2D eigenvalue weighted by molar-refractivity contribution is -0.202. The number of nitrogens with zero attached hydrogens (tertiary/aromatic N) is 5. The highest BCUT2D eigenvalue weighted by Gasteiger charge is 2.51. The van der Waals surface area contributed by atoms with Crippen LogP contribution in [0, 0.1) is 12.3 Å². The maximum atomic E-state index is 12.1. The Morgan fingerprint density at radius 3 is 2.51 bits per heavy atom. The molecular weight excluding hydrogens is 535 g/mol. The quantitative estimate of drug-likeness (QED) is 0.0923. The Bertz CT molecular complexity index is 1360. The summed E-state index contributed by atoms with van der Waals surface area (Å²) in [6, 6.07) is 2.62. The molecule has 37 heavy (non-hydrogen) atoms. The summed E-state index contributed by atoms with van der Waals surface area (Å²) in [5, 5.41) is 41.6. The van der Waals surface area contributed by atoms with E-state index in [1.165, 1.54) is 18.3 Å². The van der Waals surface area contributed by atoms with Gasteiger partial charge in [-0.2, -0.15) is 9.97 Å². The fraction of sp³-hybridized carbons (Fsp3) is 0.333. The second-order valence-electron chi connectivity index (χ2n) is 7.68. The van der Waals surface area contributed by atoms with Gasteiger partial charge in [-0.1, -0.05) is 17.5 Å². The number of nitrogen functional groups attached to an aromatic ring is 1. The summed E-state index contributed by atoms with van der Waals surface area (Å²) in [6.45, 7) is -0.893. The molecule has 0 spiro atoms. The number of anilines is 1. The van der Waals surface area contributed by atoms with Crippen LogP contribution in [-0.4, -0.2) is 87.9 Å². The number of aromatic nitrogens is 5. The zero-order valence-electron chi connectivity index (χ0n) is 18.9. The molecule has 0 saturated heterocycles. The first-order valence-corrected chi connectivity index (χ1v) is 10.9. The Kier molecular flexibility index (Phi) is 8.18. The van der Waals surface area contributed by atoms with Crippen LogP contribution in [0.3, 0.4) is 0 Å². The summed E-state index contributed by atoms with van der Waals surface area (Å²) in [7, 11) is 1.08. The predicted octanol–water partition coefficient (Wildman–Crippen LogP) is 0.148. The lowest BCUT2D eigenvalue weighted by Crippen LogP contribution is -2.56. The van der Waals surface area contributed by atoms with Gasteiger partial charge in [0.05, 0.1) is 12.9 Å². The molecule has 3 aromatic rings. The highest BCUT2D eigenvalue weighted by Crippen LogP contribution is 2.31. The zero-order chi connectivity index (χ0) is 27.5. The summed E-state index contributed by atoms with van der Waals surface area (Å²) in [5.41, 5.74) is 0.421. The van der Waals surface area contributed by atoms with Crippen molar-refractivity contribution in [3.8, 4) is 12.3 Å². The number of ether oxygens (including phenoxy) is 2. The number of hydrogen-bond donors (Lipinski definition) is 5. The molecule has 0 bridgehead atoms. The Hall–Kier alpha value is -3.58. The van der Waals surface area contributed by atoms with Crippen molar-refractivity contribution in [2.75, 3.05) is 19.5 Å². The summed E-state index contributed by atoms with van der Waals surface area (Å²) in [5.74, 6) is -1.83. The number of imidazole rings is 1. The average molecular weight is 555 g/mol. The Balaban J connectivity index is 1.96. The molecule has 3 heterocycles. The van der Waals surface area contributed by atoms with E-state index >= 15 is 0 Å². The fourth-order valence-corrected chi connectivity index (χ4v) is 3.85. The van der Waals surface area contributed by atoms with Gasteiger partial charge in [0.1, 0.15) is 16.8 Å². The molecule has 3 rings (SSSR count). The van der Waals surface area contributed by atoms with E-state index in [1.807, 2.05) is 5.92 Å². The molecule has 0 amide bonds. The van der Waals surface area contributed by atoms with Crippen molar-refractivity contribution < 1.29 is 39.5 Å². The van der Waals surface area contributed by atoms with Crippen molar-refractivity contribution in [3.63, 3.8) is 0 Å². The van der Waals surface area contributed by atoms with Crippen molar-refractivity contribution >= 4 is 52.1 Å². The van der Waals surface area contributed by atoms with Crippen LogP contribution in [0.15, 0.2) is 24.7 Å². The number of hydrogen-bond acceptors (Lipinski definition) is 11. The second-order valence-corrected chi connectivity index (χ2v) is 8.41. The van der Waals surface area contributed by atoms with E-state index in [4.69, 9.17) is 44.8 Å². The van der Waals surface area contributed by atoms with Gasteiger partial charge in [-0.25, -0.2) is 19.6 Å². The van der Waals surface area contributed by atoms with Gasteiger partial charge in [0.15, 0.2) is 23.3 Å². The molecular formula is C21H20Cl2N6O8. The summed E-state index contributed by atoms with van der Waals surface area (Å²) in [6.07, 6.45) is 3.48. The predicted molar refractivity (Wildman–Crippen MR) is 127 cm³/mol. The number of aliphatic hydroxyl groups excluding tert-OH is 1. The highest BCUT2D eigenvalue weighted by molar-refractivity contribution is 6.29. The van der Waals surface area contributed by atoms with Gasteiger partial charge in [-0.15, -0.1) is 6.42 Å². The van der Waals surface area contributed by atoms with E-state index < -0.39 is 48.5 Å². The zero-order valence-corrected chi connectivity index (χ0v) is 20.5. The van der Waals surface area contributed by atoms with Gasteiger partial charge < -0.3 is 35.6 Å². The molecule has 0 aromatic carbocycles. The summed E-state index contributed by atoms with van der Waals surface area (Å²) in [4.78, 5) is 39.6. The molecule has 196 valence electrons. The first kappa shape index (κ1) is 28.0. The van der Waals surface area contributed by atoms with E-state index in [0.29, 0.717) is 0 Å². The molecule has 16 heteroatoms. The molecule has 0 radical (unpaired) electrons. The standard InChI is InChI=1S/C21H20Cl2N6O8/c1-3-20(35,16(30)29-9-26-13-14(24)27-19(23)28-15(13)29)11(36-2)8-37-21(17(31)32,18(33)34)7-10-4-5-25-12(22)6-10/h1,4-6,9,11,16,30,35H,7-8H2,2H3,(H,31,32)(H,33,34)(H2,24,27,28)/t11-,16-,20-/m1/s1. The van der Waals surface area contributed by atoms with Crippen LogP contribution in [0.1, 0.15) is 11.8 Å². The van der Waals surface area contributed by atoms with Crippen molar-refractivity contribution in [3.05, 3.63) is 40.7 Å². The van der Waals surface area contributed by atoms with Crippen LogP contribution in [-0.2, 0) is 25.5 Å². The SMILES string of the molecule is C#C[C@@](O)([C@@H](COC(Cc1ccnc(Cl)c1)(C(=O)O)C(=O)O)OC)[C@@H](O)n1cnc2c(N)nc(Cl)nc21. The first-order chi connectivity index (χ1) is 17.4. The van der Waals surface area contributed by atoms with Crippen molar-refractivity contribution in [2.24, 2.45) is 0 Å². The molecule has 14 nitrogen and oxygen atoms in total. The Morgan fingerprint density at radius 2 is 1.95 bits per heavy atom. The number of nitrogens with two attached hydrogens (primary N) is 1. The first-order valence-electron chi connectivity index (χ1n) is 10.2. The number of rotatable bonds is 11. The number of aliphatic hydroxyl groups is 2. The van der Waals surface area contributed by atoms with Gasteiger partial charge in [-0.05, 0) is 29.3 Å². The van der Waals surface area contributed by atoms with E-state index in [2.05, 4.69) is 19.9 Å². The van der Waals surface area contributed by atoms with Crippen LogP contribution >= 0.6 is 23.2 Å². The number of methoxy groups -OCH3 is 1. The summed E-state index contributed by atoms with van der Waals surface area (Å²) >= 11 is 11.7. The number of halogens is 2. The molecule has 0 fully saturated rings. The third-order valence-corrected chi connectivity index (χ3v) is 5.88. The number of fused-ring (bicyclic) bond motifs is 1. The van der Waals surface area contributed by atoms with Crippen LogP contribution in [0.25, 0.3) is 11.2 Å². The molecule has 0 aliphatic rings. The van der Waals surface area contributed by atoms with Crippen LogP contribution in [0.4, 0.5) is 5.82 Å². The smallest absolute Gasteiger partial charge is 0.348 e. The van der Waals surface area contributed by atoms with E-state index in [1.54, 1.807) is 0 Å². The number of aliphatic carboxylic acids is 2. The highest BCUT2D eigenvalue weighted by atomic mass is 35.5. The third-order valence-electron chi connectivity index (χ3n) is 5.50. The minimum atomic E-state index is -2.85. The molecule has 0 unspecified atom stereocenters. The number of carboxylic acids is 2. The third kappa shape index (κ3) is 5.27. The Labute approximate surface area is 218 Å². The van der Waals surface area contributed by atoms with Crippen LogP contribution in [0.5, 0.6) is 0 Å². The number of carboxylic acid groups (broad SMARTS) is 2. The fourth-order valence-electron chi connectivity index (χ4n) is 3.49. The minimum absolute atomic E-state index is 0.00103. The van der Waals surface area contributed by atoms with E-state index in [0.717, 1.165) is 18.0 Å². The molecule has 0 aliphatic carbocycles. The topological polar surface area (TPSA) is 216 Å². The van der Waals surface area contributed by atoms with E-state index in [9.17, 15) is 30.0 Å². The van der Waals surface area contributed by atoms with Gasteiger partial charge in [0.2, 0.25) is 5.28 Å². The van der Waals surface area contributed by atoms with Crippen LogP contribution in [0.2, 0.25) is 10.4 Å². The van der Waals surface area contributed by atoms with Crippen LogP contribution < -0.4 is 5.73 Å². The average Bonchev–Trinajstić information content (AvgIpc) is 3.26. The minimum Gasteiger partial charge on any atom is -0.479 e. The monoisotopic (exact) mass is 554 g/mol. The number of pyridine rings is 1. The molecule has 3 aromatic heterocycles. The lowest BCUT2D eigenvalue weighted by Gasteiger charge is -2.36. The van der Waals surface area contributed by atoms with E-state index in [-0.39, 0.29) is 33.0 Å².